The lowest BCUT2D eigenvalue weighted by Gasteiger charge is -2.12. The molecular weight excluding hydrogens is 447 g/mol. The molecule has 3 aromatic carbocycles. The first-order chi connectivity index (χ1) is 15.9. The number of nitro benzene ring substituents is 1. The summed E-state index contributed by atoms with van der Waals surface area (Å²) in [7, 11) is 0. The highest BCUT2D eigenvalue weighted by Crippen LogP contribution is 2.33. The van der Waals surface area contributed by atoms with Crippen LogP contribution in [0, 0.1) is 15.9 Å². The van der Waals surface area contributed by atoms with Crippen LogP contribution in [0.5, 0.6) is 5.75 Å². The second-order valence-corrected chi connectivity index (χ2v) is 8.17. The molecule has 0 bridgehead atoms. The van der Waals surface area contributed by atoms with Gasteiger partial charge in [0.2, 0.25) is 0 Å². The fraction of sp³-hybridized carbons (Fsp3) is 0.0833. The first-order valence-electron chi connectivity index (χ1n) is 9.85. The maximum Gasteiger partial charge on any atom is 0.293 e. The van der Waals surface area contributed by atoms with Crippen molar-refractivity contribution in [3.8, 4) is 5.75 Å². The molecule has 33 heavy (non-hydrogen) atoms. The van der Waals surface area contributed by atoms with Crippen LogP contribution in [0.15, 0.2) is 77.7 Å². The van der Waals surface area contributed by atoms with E-state index in [1.54, 1.807) is 42.5 Å². The van der Waals surface area contributed by atoms with Gasteiger partial charge in [-0.25, -0.2) is 4.39 Å². The molecule has 0 atom stereocenters. The molecule has 166 valence electrons. The Labute approximate surface area is 192 Å². The summed E-state index contributed by atoms with van der Waals surface area (Å²) >= 11 is 0.845. The summed E-state index contributed by atoms with van der Waals surface area (Å²) in [6.07, 6.45) is 1.63. The van der Waals surface area contributed by atoms with Crippen molar-refractivity contribution in [1.82, 2.24) is 4.90 Å². The van der Waals surface area contributed by atoms with Crippen LogP contribution >= 0.6 is 11.8 Å². The number of carbonyl (C=O) groups is 2. The van der Waals surface area contributed by atoms with Gasteiger partial charge in [-0.3, -0.25) is 24.6 Å². The van der Waals surface area contributed by atoms with Gasteiger partial charge in [0.25, 0.3) is 16.8 Å². The van der Waals surface area contributed by atoms with Gasteiger partial charge in [0, 0.05) is 12.1 Å². The third-order valence-corrected chi connectivity index (χ3v) is 5.77. The van der Waals surface area contributed by atoms with Crippen molar-refractivity contribution in [2.75, 3.05) is 0 Å². The van der Waals surface area contributed by atoms with Crippen molar-refractivity contribution in [3.63, 3.8) is 0 Å². The van der Waals surface area contributed by atoms with Crippen molar-refractivity contribution >= 4 is 34.7 Å². The molecule has 1 aliphatic rings. The van der Waals surface area contributed by atoms with Crippen molar-refractivity contribution in [1.29, 1.82) is 0 Å². The summed E-state index contributed by atoms with van der Waals surface area (Å²) in [6.45, 7) is 0.331. The predicted molar refractivity (Wildman–Crippen MR) is 122 cm³/mol. The van der Waals surface area contributed by atoms with E-state index >= 15 is 0 Å². The molecule has 0 aliphatic carbocycles. The maximum atomic E-state index is 13.0. The molecule has 0 saturated carbocycles. The van der Waals surface area contributed by atoms with Gasteiger partial charge < -0.3 is 4.74 Å². The Hall–Kier alpha value is -3.98. The van der Waals surface area contributed by atoms with E-state index in [4.69, 9.17) is 4.74 Å². The molecule has 9 heteroatoms. The lowest BCUT2D eigenvalue weighted by molar-refractivity contribution is -0.384. The third kappa shape index (κ3) is 5.45. The molecule has 1 fully saturated rings. The second kappa shape index (κ2) is 9.66. The minimum absolute atomic E-state index is 0.0379. The molecule has 0 N–H and O–H groups in total. The van der Waals surface area contributed by atoms with E-state index in [1.165, 1.54) is 36.4 Å². The van der Waals surface area contributed by atoms with Crippen LogP contribution in [0.4, 0.5) is 14.9 Å². The number of nitro groups is 1. The molecule has 1 heterocycles. The lowest BCUT2D eigenvalue weighted by atomic mass is 10.2. The van der Waals surface area contributed by atoms with Crippen LogP contribution in [0.2, 0.25) is 0 Å². The highest BCUT2D eigenvalue weighted by Gasteiger charge is 2.35. The molecule has 3 aromatic rings. The SMILES string of the molecule is O=C1S/C(=C/c2ccc(OCc3ccc(F)cc3)cc2)C(=O)N1Cc1ccc([N+](=O)[O-])cc1. The monoisotopic (exact) mass is 464 g/mol. The quantitative estimate of drug-likeness (QED) is 0.259. The molecule has 1 saturated heterocycles. The number of thioether (sulfide) groups is 1. The number of imide groups is 1. The van der Waals surface area contributed by atoms with E-state index in [0.29, 0.717) is 22.8 Å². The minimum Gasteiger partial charge on any atom is -0.489 e. The standard InChI is InChI=1S/C24H17FN2O5S/c25-19-7-1-18(2-8-19)15-32-21-11-5-16(6-12-21)13-22-23(28)26(24(29)33-22)14-17-3-9-20(10-4-17)27(30)31/h1-13H,14-15H2/b22-13+. The van der Waals surface area contributed by atoms with E-state index in [-0.39, 0.29) is 18.0 Å². The van der Waals surface area contributed by atoms with Gasteiger partial charge in [0.1, 0.15) is 18.2 Å². The fourth-order valence-corrected chi connectivity index (χ4v) is 3.94. The van der Waals surface area contributed by atoms with Gasteiger partial charge in [0.15, 0.2) is 0 Å². The average Bonchev–Trinajstić information content (AvgIpc) is 3.07. The smallest absolute Gasteiger partial charge is 0.293 e. The zero-order valence-corrected chi connectivity index (χ0v) is 18.0. The van der Waals surface area contributed by atoms with Crippen molar-refractivity contribution in [2.24, 2.45) is 0 Å². The molecule has 4 rings (SSSR count). The number of hydrogen-bond donors (Lipinski definition) is 0. The molecular formula is C24H17FN2O5S. The molecule has 7 nitrogen and oxygen atoms in total. The summed E-state index contributed by atoms with van der Waals surface area (Å²) in [5, 5.41) is 10.4. The summed E-state index contributed by atoms with van der Waals surface area (Å²) in [5.74, 6) is -0.108. The van der Waals surface area contributed by atoms with E-state index < -0.39 is 16.1 Å². The van der Waals surface area contributed by atoms with Crippen molar-refractivity contribution in [3.05, 3.63) is 110 Å². The normalized spacial score (nSPS) is 14.7. The van der Waals surface area contributed by atoms with Crippen LogP contribution in [-0.2, 0) is 17.9 Å². The van der Waals surface area contributed by atoms with Gasteiger partial charge in [-0.05, 0) is 58.8 Å². The first kappa shape index (κ1) is 22.2. The van der Waals surface area contributed by atoms with Crippen LogP contribution in [0.3, 0.4) is 0 Å². The lowest BCUT2D eigenvalue weighted by Crippen LogP contribution is -2.27. The highest BCUT2D eigenvalue weighted by atomic mass is 32.2. The third-order valence-electron chi connectivity index (χ3n) is 4.86. The Balaban J connectivity index is 1.39. The van der Waals surface area contributed by atoms with E-state index in [2.05, 4.69) is 0 Å². The summed E-state index contributed by atoms with van der Waals surface area (Å²) in [5.41, 5.74) is 2.12. The number of amides is 2. The van der Waals surface area contributed by atoms with E-state index in [9.17, 15) is 24.1 Å². The van der Waals surface area contributed by atoms with Crippen LogP contribution < -0.4 is 4.74 Å². The molecule has 0 unspecified atom stereocenters. The average molecular weight is 464 g/mol. The fourth-order valence-electron chi connectivity index (χ4n) is 3.10. The number of benzene rings is 3. The van der Waals surface area contributed by atoms with Gasteiger partial charge in [-0.15, -0.1) is 0 Å². The zero-order valence-electron chi connectivity index (χ0n) is 17.1. The largest absolute Gasteiger partial charge is 0.489 e. The minimum atomic E-state index is -0.508. The molecule has 0 aromatic heterocycles. The number of hydrogen-bond acceptors (Lipinski definition) is 6. The Morgan fingerprint density at radius 3 is 2.21 bits per heavy atom. The number of carbonyl (C=O) groups excluding carboxylic acids is 2. The summed E-state index contributed by atoms with van der Waals surface area (Å²) < 4.78 is 18.7. The van der Waals surface area contributed by atoms with Gasteiger partial charge in [0.05, 0.1) is 16.4 Å². The summed E-state index contributed by atoms with van der Waals surface area (Å²) in [6, 6.07) is 18.8. The predicted octanol–water partition coefficient (Wildman–Crippen LogP) is 5.55. The molecule has 0 spiro atoms. The van der Waals surface area contributed by atoms with Gasteiger partial charge in [-0.1, -0.05) is 36.4 Å². The Kier molecular flexibility index (Phi) is 6.50. The van der Waals surface area contributed by atoms with Crippen molar-refractivity contribution < 1.29 is 23.6 Å². The van der Waals surface area contributed by atoms with E-state index in [0.717, 1.165) is 27.8 Å². The number of halogens is 1. The van der Waals surface area contributed by atoms with Crippen LogP contribution in [-0.4, -0.2) is 21.0 Å². The van der Waals surface area contributed by atoms with Gasteiger partial charge in [-0.2, -0.15) is 0 Å². The summed E-state index contributed by atoms with van der Waals surface area (Å²) in [4.78, 5) is 36.7. The topological polar surface area (TPSA) is 89.8 Å². The van der Waals surface area contributed by atoms with Crippen molar-refractivity contribution in [2.45, 2.75) is 13.2 Å². The number of ether oxygens (including phenoxy) is 1. The first-order valence-corrected chi connectivity index (χ1v) is 10.7. The number of nitrogens with zero attached hydrogens (tertiary/aromatic N) is 2. The van der Waals surface area contributed by atoms with Crippen LogP contribution in [0.25, 0.3) is 6.08 Å². The van der Waals surface area contributed by atoms with E-state index in [1.807, 2.05) is 0 Å². The number of rotatable bonds is 7. The zero-order chi connectivity index (χ0) is 23.4. The molecule has 0 radical (unpaired) electrons. The second-order valence-electron chi connectivity index (χ2n) is 7.18. The van der Waals surface area contributed by atoms with Gasteiger partial charge >= 0.3 is 0 Å². The Morgan fingerprint density at radius 2 is 1.58 bits per heavy atom. The Morgan fingerprint density at radius 1 is 0.939 bits per heavy atom. The molecule has 1 aliphatic heterocycles. The highest BCUT2D eigenvalue weighted by molar-refractivity contribution is 8.18. The number of non-ortho nitro benzene ring substituents is 1. The molecule has 2 amide bonds. The Bertz CT molecular complexity index is 1230. The maximum absolute atomic E-state index is 13.0. The van der Waals surface area contributed by atoms with Crippen LogP contribution in [0.1, 0.15) is 16.7 Å².